The van der Waals surface area contributed by atoms with Crippen molar-refractivity contribution in [1.29, 1.82) is 0 Å². The highest BCUT2D eigenvalue weighted by atomic mass is 16.3. The van der Waals surface area contributed by atoms with Gasteiger partial charge in [0.15, 0.2) is 0 Å². The van der Waals surface area contributed by atoms with Crippen LogP contribution in [0.25, 0.3) is 11.0 Å². The zero-order valence-corrected chi connectivity index (χ0v) is 17.2. The fraction of sp³-hybridized carbons (Fsp3) is 0.545. The monoisotopic (exact) mass is 385 g/mol. The highest BCUT2D eigenvalue weighted by Crippen LogP contribution is 2.29. The van der Waals surface area contributed by atoms with Crippen molar-refractivity contribution in [3.05, 3.63) is 35.6 Å². The van der Waals surface area contributed by atoms with Gasteiger partial charge in [-0.3, -0.25) is 4.79 Å². The van der Waals surface area contributed by atoms with Gasteiger partial charge in [0.25, 0.3) is 0 Å². The number of para-hydroxylation sites is 1. The van der Waals surface area contributed by atoms with E-state index in [9.17, 15) is 9.59 Å². The van der Waals surface area contributed by atoms with Gasteiger partial charge < -0.3 is 20.4 Å². The van der Waals surface area contributed by atoms with Crippen LogP contribution in [0.5, 0.6) is 0 Å². The van der Waals surface area contributed by atoms with Crippen LogP contribution in [0.2, 0.25) is 0 Å². The van der Waals surface area contributed by atoms with Gasteiger partial charge in [0.1, 0.15) is 11.3 Å². The lowest BCUT2D eigenvalue weighted by Gasteiger charge is -2.30. The molecule has 3 atom stereocenters. The van der Waals surface area contributed by atoms with Crippen LogP contribution in [-0.2, 0) is 4.79 Å². The Kier molecular flexibility index (Phi) is 6.27. The predicted molar refractivity (Wildman–Crippen MR) is 110 cm³/mol. The Morgan fingerprint density at radius 1 is 1.11 bits per heavy atom. The number of furan rings is 1. The molecule has 3 amide bonds. The van der Waals surface area contributed by atoms with Crippen LogP contribution in [0.3, 0.4) is 0 Å². The maximum absolute atomic E-state index is 12.5. The number of carbonyl (C=O) groups is 2. The van der Waals surface area contributed by atoms with E-state index in [-0.39, 0.29) is 36.0 Å². The average Bonchev–Trinajstić information content (AvgIpc) is 2.98. The zero-order valence-electron chi connectivity index (χ0n) is 17.2. The third kappa shape index (κ3) is 4.66. The fourth-order valence-electron chi connectivity index (χ4n) is 4.06. The molecule has 1 saturated carbocycles. The molecule has 1 aliphatic carbocycles. The lowest BCUT2D eigenvalue weighted by atomic mass is 9.85. The molecule has 1 aromatic carbocycles. The van der Waals surface area contributed by atoms with E-state index in [0.717, 1.165) is 41.6 Å². The summed E-state index contributed by atoms with van der Waals surface area (Å²) in [6.07, 6.45) is 3.41. The Hall–Kier alpha value is -2.50. The van der Waals surface area contributed by atoms with Crippen LogP contribution in [0.4, 0.5) is 4.79 Å². The summed E-state index contributed by atoms with van der Waals surface area (Å²) in [6, 6.07) is 7.57. The van der Waals surface area contributed by atoms with E-state index < -0.39 is 0 Å². The second-order valence-corrected chi connectivity index (χ2v) is 8.15. The molecule has 28 heavy (non-hydrogen) atoms. The first-order chi connectivity index (χ1) is 13.3. The second kappa shape index (κ2) is 8.67. The number of amides is 3. The molecule has 1 heterocycles. The van der Waals surface area contributed by atoms with Crippen LogP contribution >= 0.6 is 0 Å². The molecule has 2 aromatic rings. The van der Waals surface area contributed by atoms with Gasteiger partial charge in [-0.15, -0.1) is 0 Å². The third-order valence-corrected chi connectivity index (χ3v) is 5.43. The molecule has 3 N–H and O–H groups in total. The molecule has 6 nitrogen and oxygen atoms in total. The van der Waals surface area contributed by atoms with Crippen molar-refractivity contribution >= 4 is 22.9 Å². The lowest BCUT2D eigenvalue weighted by Crippen LogP contribution is -2.47. The molecule has 152 valence electrons. The van der Waals surface area contributed by atoms with Crippen molar-refractivity contribution in [2.24, 2.45) is 5.92 Å². The van der Waals surface area contributed by atoms with Crippen LogP contribution in [-0.4, -0.2) is 24.0 Å². The van der Waals surface area contributed by atoms with E-state index in [1.165, 1.54) is 0 Å². The molecule has 3 rings (SSSR count). The Morgan fingerprint density at radius 2 is 1.86 bits per heavy atom. The molecule has 3 unspecified atom stereocenters. The number of urea groups is 1. The van der Waals surface area contributed by atoms with Gasteiger partial charge in [-0.2, -0.15) is 0 Å². The van der Waals surface area contributed by atoms with Crippen molar-refractivity contribution < 1.29 is 14.0 Å². The number of benzene rings is 1. The largest absolute Gasteiger partial charge is 0.459 e. The summed E-state index contributed by atoms with van der Waals surface area (Å²) in [5.41, 5.74) is 1.88. The summed E-state index contributed by atoms with van der Waals surface area (Å²) in [5, 5.41) is 10.1. The summed E-state index contributed by atoms with van der Waals surface area (Å²) >= 11 is 0. The van der Waals surface area contributed by atoms with Gasteiger partial charge >= 0.3 is 6.03 Å². The maximum Gasteiger partial charge on any atom is 0.315 e. The van der Waals surface area contributed by atoms with Crippen LogP contribution in [0.1, 0.15) is 63.8 Å². The molecule has 0 radical (unpaired) electrons. The van der Waals surface area contributed by atoms with Crippen molar-refractivity contribution in [2.75, 3.05) is 0 Å². The summed E-state index contributed by atoms with van der Waals surface area (Å²) in [7, 11) is 0. The van der Waals surface area contributed by atoms with Crippen molar-refractivity contribution in [3.8, 4) is 0 Å². The van der Waals surface area contributed by atoms with Gasteiger partial charge in [-0.1, -0.05) is 24.6 Å². The Bertz CT molecular complexity index is 843. The molecule has 1 aliphatic rings. The molecule has 0 bridgehead atoms. The standard InChI is InChI=1S/C22H31N3O3/c1-13(2)23-21(26)16-8-7-9-17(12-16)25-22(27)24-15(4)20-14(3)18-10-5-6-11-19(18)28-20/h5-6,10-11,13,15-17H,7-9,12H2,1-4H3,(H,23,26)(H2,24,25,27). The van der Waals surface area contributed by atoms with Gasteiger partial charge in [0.05, 0.1) is 6.04 Å². The normalized spacial score (nSPS) is 20.8. The van der Waals surface area contributed by atoms with Crippen LogP contribution in [0, 0.1) is 12.8 Å². The average molecular weight is 386 g/mol. The Balaban J connectivity index is 1.57. The number of carbonyl (C=O) groups excluding carboxylic acids is 2. The van der Waals surface area contributed by atoms with Gasteiger partial charge in [0.2, 0.25) is 5.91 Å². The molecular formula is C22H31N3O3. The number of fused-ring (bicyclic) bond motifs is 1. The zero-order chi connectivity index (χ0) is 20.3. The third-order valence-electron chi connectivity index (χ3n) is 5.43. The van der Waals surface area contributed by atoms with Gasteiger partial charge in [-0.25, -0.2) is 4.79 Å². The van der Waals surface area contributed by atoms with E-state index >= 15 is 0 Å². The van der Waals surface area contributed by atoms with Crippen molar-refractivity contribution in [3.63, 3.8) is 0 Å². The number of rotatable bonds is 5. The fourth-order valence-corrected chi connectivity index (χ4v) is 4.06. The van der Waals surface area contributed by atoms with Crippen molar-refractivity contribution in [1.82, 2.24) is 16.0 Å². The molecule has 6 heteroatoms. The summed E-state index contributed by atoms with van der Waals surface area (Å²) in [4.78, 5) is 24.8. The first-order valence-corrected chi connectivity index (χ1v) is 10.2. The number of hydrogen-bond acceptors (Lipinski definition) is 3. The second-order valence-electron chi connectivity index (χ2n) is 8.15. The smallest absolute Gasteiger partial charge is 0.315 e. The highest BCUT2D eigenvalue weighted by molar-refractivity contribution is 5.82. The van der Waals surface area contributed by atoms with Crippen LogP contribution < -0.4 is 16.0 Å². The molecule has 0 spiro atoms. The van der Waals surface area contributed by atoms with E-state index in [2.05, 4.69) is 16.0 Å². The number of hydrogen-bond donors (Lipinski definition) is 3. The van der Waals surface area contributed by atoms with E-state index in [0.29, 0.717) is 6.42 Å². The minimum Gasteiger partial charge on any atom is -0.459 e. The topological polar surface area (TPSA) is 83.4 Å². The molecule has 1 aromatic heterocycles. The number of aryl methyl sites for hydroxylation is 1. The molecule has 1 fully saturated rings. The van der Waals surface area contributed by atoms with Crippen LogP contribution in [0.15, 0.2) is 28.7 Å². The molecular weight excluding hydrogens is 354 g/mol. The minimum absolute atomic E-state index is 0.0145. The molecule has 0 saturated heterocycles. The van der Waals surface area contributed by atoms with E-state index in [1.54, 1.807) is 0 Å². The highest BCUT2D eigenvalue weighted by Gasteiger charge is 2.29. The summed E-state index contributed by atoms with van der Waals surface area (Å²) in [5.74, 6) is 0.832. The van der Waals surface area contributed by atoms with Gasteiger partial charge in [-0.05, 0) is 53.0 Å². The van der Waals surface area contributed by atoms with E-state index in [4.69, 9.17) is 4.42 Å². The number of nitrogens with one attached hydrogen (secondary N) is 3. The lowest BCUT2D eigenvalue weighted by molar-refractivity contribution is -0.126. The van der Waals surface area contributed by atoms with E-state index in [1.807, 2.05) is 52.0 Å². The first kappa shape index (κ1) is 20.2. The Labute approximate surface area is 166 Å². The quantitative estimate of drug-likeness (QED) is 0.722. The Morgan fingerprint density at radius 3 is 2.57 bits per heavy atom. The first-order valence-electron chi connectivity index (χ1n) is 10.2. The van der Waals surface area contributed by atoms with Gasteiger partial charge in [0, 0.05) is 29.0 Å². The SMILES string of the molecule is Cc1c(C(C)NC(=O)NC2CCCC(C(=O)NC(C)C)C2)oc2ccccc12. The molecule has 0 aliphatic heterocycles. The predicted octanol–water partition coefficient (Wildman–Crippen LogP) is 4.18. The maximum atomic E-state index is 12.5. The minimum atomic E-state index is -0.240. The summed E-state index contributed by atoms with van der Waals surface area (Å²) in [6.45, 7) is 7.86. The summed E-state index contributed by atoms with van der Waals surface area (Å²) < 4.78 is 5.94. The van der Waals surface area contributed by atoms with Crippen molar-refractivity contribution in [2.45, 2.75) is 71.5 Å².